The molecule has 0 saturated carbocycles. The van der Waals surface area contributed by atoms with Crippen LogP contribution in [0.3, 0.4) is 0 Å². The van der Waals surface area contributed by atoms with E-state index in [-0.39, 0.29) is 18.6 Å². The van der Waals surface area contributed by atoms with Crippen LogP contribution >= 0.6 is 0 Å². The highest BCUT2D eigenvalue weighted by atomic mass is 16.7. The van der Waals surface area contributed by atoms with Gasteiger partial charge in [-0.3, -0.25) is 0 Å². The lowest BCUT2D eigenvalue weighted by molar-refractivity contribution is -0.146. The van der Waals surface area contributed by atoms with Crippen molar-refractivity contribution in [3.8, 4) is 0 Å². The summed E-state index contributed by atoms with van der Waals surface area (Å²) in [5.74, 6) is -0.157. The molecule has 1 heterocycles. The highest BCUT2D eigenvalue weighted by Crippen LogP contribution is 2.32. The van der Waals surface area contributed by atoms with E-state index < -0.39 is 5.79 Å². The summed E-state index contributed by atoms with van der Waals surface area (Å²) in [5.41, 5.74) is 0. The number of rotatable bonds is 7. The van der Waals surface area contributed by atoms with Gasteiger partial charge in [0.1, 0.15) is 0 Å². The van der Waals surface area contributed by atoms with Crippen LogP contribution in [-0.2, 0) is 9.47 Å². The van der Waals surface area contributed by atoms with Gasteiger partial charge in [0.25, 0.3) is 0 Å². The third kappa shape index (κ3) is 5.11. The Morgan fingerprint density at radius 2 is 1.94 bits per heavy atom. The minimum absolute atomic E-state index is 0.0516. The first-order valence-corrected chi connectivity index (χ1v) is 7.30. The van der Waals surface area contributed by atoms with Crippen LogP contribution in [0, 0.1) is 5.92 Å². The quantitative estimate of drug-likeness (QED) is 0.615. The highest BCUT2D eigenvalue weighted by molar-refractivity contribution is 4.92. The molecule has 0 spiro atoms. The molecule has 4 atom stereocenters. The molecule has 106 valence electrons. The smallest absolute Gasteiger partial charge is 0.163 e. The number of allylic oxidation sites excluding steroid dienone is 1. The van der Waals surface area contributed by atoms with Crippen LogP contribution in [-0.4, -0.2) is 18.0 Å². The molecule has 1 rings (SSSR count). The molecule has 0 aromatic heterocycles. The maximum absolute atomic E-state index is 7.66. The summed E-state index contributed by atoms with van der Waals surface area (Å²) in [6, 6.07) is 0. The molecule has 1 aliphatic rings. The fraction of sp³-hybridized carbons (Fsp3) is 0.875. The molecule has 0 radical (unpaired) electrons. The Labute approximate surface area is 114 Å². The van der Waals surface area contributed by atoms with Gasteiger partial charge in [0.2, 0.25) is 0 Å². The zero-order valence-corrected chi connectivity index (χ0v) is 12.6. The predicted molar refractivity (Wildman–Crippen MR) is 76.6 cm³/mol. The molecular weight excluding hydrogens is 224 g/mol. The molecule has 0 aromatic carbocycles. The normalized spacial score (nSPS) is 31.5. The molecule has 1 saturated heterocycles. The summed E-state index contributed by atoms with van der Waals surface area (Å²) in [4.78, 5) is 0. The molecule has 0 bridgehead atoms. The van der Waals surface area contributed by atoms with Gasteiger partial charge in [-0.15, -0.1) is 0 Å². The third-order valence-electron chi connectivity index (χ3n) is 3.46. The molecule has 18 heavy (non-hydrogen) atoms. The molecule has 0 aliphatic carbocycles. The van der Waals surface area contributed by atoms with Crippen LogP contribution in [0.2, 0.25) is 0 Å². The number of hydrogen-bond acceptors (Lipinski definition) is 2. The first-order chi connectivity index (χ1) is 8.85. The van der Waals surface area contributed by atoms with Gasteiger partial charge in [-0.05, 0) is 32.6 Å². The maximum atomic E-state index is 7.66. The number of unbranched alkanes of at least 4 members (excludes halogenated alkanes) is 1. The van der Waals surface area contributed by atoms with Gasteiger partial charge in [-0.25, -0.2) is 0 Å². The topological polar surface area (TPSA) is 18.5 Å². The van der Waals surface area contributed by atoms with Crippen LogP contribution in [0.1, 0.15) is 68.1 Å². The third-order valence-corrected chi connectivity index (χ3v) is 3.46. The van der Waals surface area contributed by atoms with Crippen molar-refractivity contribution < 1.29 is 10.8 Å². The molecule has 2 nitrogen and oxygen atoms in total. The monoisotopic (exact) mass is 256 g/mol. The van der Waals surface area contributed by atoms with Gasteiger partial charge < -0.3 is 9.47 Å². The van der Waals surface area contributed by atoms with Crippen LogP contribution in [0.15, 0.2) is 12.2 Å². The molecule has 0 N–H and O–H groups in total. The first-order valence-electron chi connectivity index (χ1n) is 7.88. The largest absolute Gasteiger partial charge is 0.345 e. The summed E-state index contributed by atoms with van der Waals surface area (Å²) in [6.45, 7) is 10.2. The van der Waals surface area contributed by atoms with E-state index in [2.05, 4.69) is 26.0 Å². The lowest BCUT2D eigenvalue weighted by atomic mass is 10.0. The fourth-order valence-electron chi connectivity index (χ4n) is 2.30. The minimum Gasteiger partial charge on any atom is -0.345 e. The average Bonchev–Trinajstić information content (AvgIpc) is 2.61. The van der Waals surface area contributed by atoms with Crippen molar-refractivity contribution >= 4 is 0 Å². The summed E-state index contributed by atoms with van der Waals surface area (Å²) in [7, 11) is 0. The molecule has 1 aliphatic heterocycles. The Morgan fingerprint density at radius 1 is 1.28 bits per heavy atom. The second-order valence-electron chi connectivity index (χ2n) is 5.71. The van der Waals surface area contributed by atoms with E-state index in [0.29, 0.717) is 5.92 Å². The van der Waals surface area contributed by atoms with E-state index in [4.69, 9.17) is 10.8 Å². The van der Waals surface area contributed by atoms with Crippen LogP contribution in [0.25, 0.3) is 0 Å². The summed E-state index contributed by atoms with van der Waals surface area (Å²) >= 11 is 0. The Morgan fingerprint density at radius 3 is 2.56 bits per heavy atom. The second-order valence-corrected chi connectivity index (χ2v) is 5.71. The van der Waals surface area contributed by atoms with Gasteiger partial charge in [-0.1, -0.05) is 52.2 Å². The van der Waals surface area contributed by atoms with E-state index >= 15 is 0 Å². The number of ether oxygens (including phenoxy) is 2. The summed E-state index contributed by atoms with van der Waals surface area (Å²) in [6.07, 6.45) is 8.94. The van der Waals surface area contributed by atoms with Crippen molar-refractivity contribution in [1.29, 1.82) is 0 Å². The van der Waals surface area contributed by atoms with Gasteiger partial charge in [0, 0.05) is 1.37 Å². The predicted octanol–water partition coefficient (Wildman–Crippen LogP) is 4.69. The zero-order valence-electron chi connectivity index (χ0n) is 13.6. The molecule has 0 aromatic rings. The molecule has 1 fully saturated rings. The van der Waals surface area contributed by atoms with Crippen LogP contribution in [0.4, 0.5) is 0 Å². The SMILES string of the molecule is [3H][C@@H](C)[C@H](C)/C=C\C[C@H]1OC(C)(C)O[C@H]1CCCC. The van der Waals surface area contributed by atoms with E-state index in [1.807, 2.05) is 20.8 Å². The average molecular weight is 256 g/mol. The van der Waals surface area contributed by atoms with Crippen molar-refractivity contribution in [2.24, 2.45) is 5.92 Å². The van der Waals surface area contributed by atoms with Crippen LogP contribution in [0.5, 0.6) is 0 Å². The molecule has 0 amide bonds. The Hall–Kier alpha value is -0.340. The van der Waals surface area contributed by atoms with Crippen molar-refractivity contribution in [3.05, 3.63) is 12.2 Å². The summed E-state index contributed by atoms with van der Waals surface area (Å²) in [5, 5.41) is 0. The second kappa shape index (κ2) is 7.30. The van der Waals surface area contributed by atoms with Crippen LogP contribution < -0.4 is 0 Å². The minimum atomic E-state index is -0.453. The fourth-order valence-corrected chi connectivity index (χ4v) is 2.30. The van der Waals surface area contributed by atoms with Crippen molar-refractivity contribution in [1.82, 2.24) is 0 Å². The Balaban J connectivity index is 2.49. The van der Waals surface area contributed by atoms with Gasteiger partial charge >= 0.3 is 0 Å². The van der Waals surface area contributed by atoms with Gasteiger partial charge in [0.05, 0.1) is 12.2 Å². The number of hydrogen-bond donors (Lipinski definition) is 0. The van der Waals surface area contributed by atoms with E-state index in [1.165, 1.54) is 12.8 Å². The maximum Gasteiger partial charge on any atom is 0.163 e. The van der Waals surface area contributed by atoms with Crippen molar-refractivity contribution in [2.45, 2.75) is 84.7 Å². The highest BCUT2D eigenvalue weighted by Gasteiger charge is 2.39. The van der Waals surface area contributed by atoms with Crippen molar-refractivity contribution in [2.75, 3.05) is 0 Å². The van der Waals surface area contributed by atoms with Gasteiger partial charge in [0.15, 0.2) is 5.79 Å². The van der Waals surface area contributed by atoms with E-state index in [0.717, 1.165) is 12.8 Å². The van der Waals surface area contributed by atoms with E-state index in [9.17, 15) is 0 Å². The lowest BCUT2D eigenvalue weighted by Gasteiger charge is -2.16. The first kappa shape index (κ1) is 14.1. The molecule has 0 unspecified atom stereocenters. The Kier molecular flexibility index (Phi) is 5.71. The summed E-state index contributed by atoms with van der Waals surface area (Å²) < 4.78 is 19.6. The Bertz CT molecular complexity index is 286. The standard InChI is InChI=1S/C16H30O2/c1-6-8-11-14-15(18-16(4,5)17-14)12-9-10-13(3)7-2/h9-10,13-15H,6-8,11-12H2,1-5H3/b10-9-/t13-,14-,15+/m0/s1/i7T/t7-,13-,14-,15+. The molecule has 2 heteroatoms. The van der Waals surface area contributed by atoms with Gasteiger partial charge in [-0.2, -0.15) is 0 Å². The zero-order chi connectivity index (χ0) is 14.5. The van der Waals surface area contributed by atoms with Crippen molar-refractivity contribution in [3.63, 3.8) is 0 Å². The molecular formula is C16H30O2. The van der Waals surface area contributed by atoms with E-state index in [1.54, 1.807) is 0 Å². The lowest BCUT2D eigenvalue weighted by Crippen LogP contribution is -2.21.